The number of carboxylic acid groups (broad SMARTS) is 1. The van der Waals surface area contributed by atoms with Crippen molar-refractivity contribution in [1.82, 2.24) is 15.2 Å². The van der Waals surface area contributed by atoms with Crippen molar-refractivity contribution in [1.29, 1.82) is 0 Å². The minimum Gasteiger partial charge on any atom is -0.543 e. The third kappa shape index (κ3) is 4.59. The number of anilines is 1. The number of aromatic nitrogens is 1. The molecule has 1 aromatic heterocycles. The molecule has 150 valence electrons. The molecule has 1 fully saturated rings. The number of nitrogens with one attached hydrogen (secondary N) is 1. The molecule has 0 radical (unpaired) electrons. The van der Waals surface area contributed by atoms with Crippen LogP contribution in [0.4, 0.5) is 5.13 Å². The Morgan fingerprint density at radius 2 is 2.21 bits per heavy atom. The van der Waals surface area contributed by atoms with Gasteiger partial charge in [-0.05, 0) is 5.57 Å². The van der Waals surface area contributed by atoms with Crippen molar-refractivity contribution in [3.05, 3.63) is 22.3 Å². The summed E-state index contributed by atoms with van der Waals surface area (Å²) < 4.78 is 4.99. The quantitative estimate of drug-likeness (QED) is 0.180. The van der Waals surface area contributed by atoms with E-state index in [1.54, 1.807) is 0 Å². The number of amides is 2. The van der Waals surface area contributed by atoms with Gasteiger partial charge in [0.2, 0.25) is 0 Å². The van der Waals surface area contributed by atoms with E-state index in [9.17, 15) is 19.5 Å². The third-order valence-electron chi connectivity index (χ3n) is 4.01. The summed E-state index contributed by atoms with van der Waals surface area (Å²) in [5.74, 6) is -2.38. The largest absolute Gasteiger partial charge is 1.00 e. The average Bonchev–Trinajstić information content (AvgIpc) is 3.09. The fourth-order valence-electron chi connectivity index (χ4n) is 2.86. The number of nitrogen functional groups attached to an aromatic ring is 1. The number of fused-ring (bicyclic) bond motifs is 1. The first-order valence-electron chi connectivity index (χ1n) is 7.89. The summed E-state index contributed by atoms with van der Waals surface area (Å²) in [5, 5.41) is 18.9. The van der Waals surface area contributed by atoms with E-state index in [4.69, 9.17) is 10.5 Å². The molecule has 0 spiro atoms. The third-order valence-corrected chi connectivity index (χ3v) is 6.02. The predicted octanol–water partition coefficient (Wildman–Crippen LogP) is -4.87. The predicted molar refractivity (Wildman–Crippen MR) is 99.0 cm³/mol. The summed E-state index contributed by atoms with van der Waals surface area (Å²) in [6, 6.07) is -0.922. The number of hydrogen-bond donors (Lipinski definition) is 2. The van der Waals surface area contributed by atoms with Gasteiger partial charge in [-0.25, -0.2) is 4.98 Å². The van der Waals surface area contributed by atoms with Crippen LogP contribution in [-0.4, -0.2) is 71.4 Å². The molecule has 0 saturated carbocycles. The Hall–Kier alpha value is -1.64. The minimum absolute atomic E-state index is 0. The van der Waals surface area contributed by atoms with Gasteiger partial charge in [-0.2, -0.15) is 0 Å². The zero-order valence-corrected chi connectivity index (χ0v) is 19.5. The average molecular weight is 449 g/mol. The van der Waals surface area contributed by atoms with Crippen LogP contribution in [0.2, 0.25) is 0 Å². The van der Waals surface area contributed by atoms with E-state index >= 15 is 0 Å². The van der Waals surface area contributed by atoms with E-state index in [1.165, 1.54) is 31.4 Å². The number of hydrogen-bond acceptors (Lipinski definition) is 11. The SMILES string of the molecule is COCC1=C(C(=O)[O-])N2C(=O)C(NC(=O)C(=NOC)c3csc(N)n3)[C@H]2SC1.[Na+]. The summed E-state index contributed by atoms with van der Waals surface area (Å²) in [4.78, 5) is 46.4. The van der Waals surface area contributed by atoms with Crippen LogP contribution >= 0.6 is 23.1 Å². The van der Waals surface area contributed by atoms with E-state index < -0.39 is 29.2 Å². The van der Waals surface area contributed by atoms with Gasteiger partial charge in [-0.1, -0.05) is 5.16 Å². The van der Waals surface area contributed by atoms with Gasteiger partial charge in [0.05, 0.1) is 18.3 Å². The smallest absolute Gasteiger partial charge is 0.543 e. The van der Waals surface area contributed by atoms with Crippen molar-refractivity contribution in [3.63, 3.8) is 0 Å². The Balaban J connectivity index is 0.00000300. The number of β-lactam (4-membered cyclic amide) rings is 1. The maximum Gasteiger partial charge on any atom is 1.00 e. The van der Waals surface area contributed by atoms with E-state index in [0.717, 1.165) is 16.2 Å². The van der Waals surface area contributed by atoms with Crippen LogP contribution in [0.25, 0.3) is 0 Å². The van der Waals surface area contributed by atoms with Crippen molar-refractivity contribution in [2.24, 2.45) is 5.16 Å². The van der Waals surface area contributed by atoms with E-state index in [-0.39, 0.29) is 58.4 Å². The Bertz CT molecular complexity index is 888. The van der Waals surface area contributed by atoms with Gasteiger partial charge in [0.1, 0.15) is 24.2 Å². The molecule has 11 nitrogen and oxygen atoms in total. The zero-order valence-electron chi connectivity index (χ0n) is 15.8. The molecule has 2 atom stereocenters. The molecule has 2 amide bonds. The van der Waals surface area contributed by atoms with Crippen LogP contribution in [0.5, 0.6) is 0 Å². The molecule has 1 aromatic rings. The summed E-state index contributed by atoms with van der Waals surface area (Å²) in [7, 11) is 2.70. The molecule has 29 heavy (non-hydrogen) atoms. The Labute approximate surface area is 196 Å². The summed E-state index contributed by atoms with van der Waals surface area (Å²) in [6.45, 7) is 0.0692. The molecule has 1 saturated heterocycles. The molecule has 2 aliphatic heterocycles. The molecule has 3 heterocycles. The number of rotatable bonds is 7. The second-order valence-electron chi connectivity index (χ2n) is 5.73. The fraction of sp³-hybridized carbons (Fsp3) is 0.400. The number of oxime groups is 1. The number of thioether (sulfide) groups is 1. The number of carboxylic acids is 1. The van der Waals surface area contributed by atoms with Crippen molar-refractivity contribution >= 4 is 51.7 Å². The molecule has 3 N–H and O–H groups in total. The molecule has 0 aliphatic carbocycles. The van der Waals surface area contributed by atoms with Gasteiger partial charge >= 0.3 is 29.6 Å². The van der Waals surface area contributed by atoms with Gasteiger partial charge in [-0.3, -0.25) is 14.5 Å². The van der Waals surface area contributed by atoms with Gasteiger partial charge in [0, 0.05) is 18.2 Å². The number of ether oxygens (including phenoxy) is 1. The minimum atomic E-state index is -1.46. The molecule has 0 bridgehead atoms. The Morgan fingerprint density at radius 1 is 1.48 bits per heavy atom. The van der Waals surface area contributed by atoms with Gasteiger partial charge < -0.3 is 30.5 Å². The van der Waals surface area contributed by atoms with Crippen molar-refractivity contribution in [2.45, 2.75) is 11.4 Å². The second-order valence-corrected chi connectivity index (χ2v) is 7.72. The van der Waals surface area contributed by atoms with Crippen LogP contribution in [0.1, 0.15) is 5.69 Å². The van der Waals surface area contributed by atoms with E-state index in [2.05, 4.69) is 20.3 Å². The van der Waals surface area contributed by atoms with Gasteiger partial charge in [-0.15, -0.1) is 23.1 Å². The second kappa shape index (κ2) is 9.91. The van der Waals surface area contributed by atoms with E-state index in [1.807, 2.05) is 0 Å². The van der Waals surface area contributed by atoms with Crippen LogP contribution in [0, 0.1) is 0 Å². The molecular weight excluding hydrogens is 433 g/mol. The normalized spacial score (nSPS) is 21.1. The molecule has 2 aliphatic rings. The van der Waals surface area contributed by atoms with Crippen LogP contribution in [0.15, 0.2) is 21.8 Å². The number of carbonyl (C=O) groups excluding carboxylic acids is 3. The number of nitrogens with zero attached hydrogens (tertiary/aromatic N) is 3. The maximum atomic E-state index is 12.6. The Kier molecular flexibility index (Phi) is 8.08. The summed E-state index contributed by atoms with van der Waals surface area (Å²) in [5.41, 5.74) is 5.88. The first kappa shape index (κ1) is 23.6. The van der Waals surface area contributed by atoms with Crippen molar-refractivity contribution in [3.8, 4) is 0 Å². The van der Waals surface area contributed by atoms with Crippen LogP contribution in [-0.2, 0) is 24.0 Å². The molecule has 0 aromatic carbocycles. The monoisotopic (exact) mass is 449 g/mol. The van der Waals surface area contributed by atoms with Crippen LogP contribution in [0.3, 0.4) is 0 Å². The number of carbonyl (C=O) groups is 3. The first-order chi connectivity index (χ1) is 13.4. The molecule has 3 rings (SSSR count). The van der Waals surface area contributed by atoms with Crippen molar-refractivity contribution in [2.75, 3.05) is 32.3 Å². The number of aliphatic carboxylic acids is 1. The first-order valence-corrected chi connectivity index (χ1v) is 9.82. The fourth-order valence-corrected chi connectivity index (χ4v) is 4.73. The van der Waals surface area contributed by atoms with Crippen LogP contribution < -0.4 is 45.7 Å². The van der Waals surface area contributed by atoms with E-state index in [0.29, 0.717) is 11.3 Å². The summed E-state index contributed by atoms with van der Waals surface area (Å²) >= 11 is 2.44. The maximum absolute atomic E-state index is 12.6. The number of nitrogens with two attached hydrogens (primary N) is 1. The molecule has 14 heteroatoms. The number of methoxy groups -OCH3 is 1. The topological polar surface area (TPSA) is 159 Å². The van der Waals surface area contributed by atoms with Crippen molar-refractivity contribution < 1.29 is 58.6 Å². The standard InChI is InChI=1S/C15H17N5O6S2.Na/c1-25-3-6-4-27-13-9(12(22)20(13)10(6)14(23)24)18-11(21)8(19-26-2)7-5-28-15(16)17-7;/h5,9,13H,3-4H2,1-2H3,(H2,16,17)(H,18,21)(H,23,24);/q;+1/p-1/t9?,13-;/m1./s1. The van der Waals surface area contributed by atoms with Gasteiger partial charge in [0.15, 0.2) is 10.8 Å². The van der Waals surface area contributed by atoms with Gasteiger partial charge in [0.25, 0.3) is 11.8 Å². The molecular formula is C15H16N5NaO6S2. The Morgan fingerprint density at radius 3 is 2.76 bits per heavy atom. The summed E-state index contributed by atoms with van der Waals surface area (Å²) in [6.07, 6.45) is 0. The molecule has 1 unspecified atom stereocenters. The zero-order chi connectivity index (χ0) is 20.4. The number of thiazole rings is 1.